The minimum Gasteiger partial charge on any atom is -0.0622 e. The molecule has 0 saturated heterocycles. The molecule has 0 aliphatic heterocycles. The van der Waals surface area contributed by atoms with Gasteiger partial charge in [0.1, 0.15) is 0 Å². The van der Waals surface area contributed by atoms with Crippen molar-refractivity contribution in [3.63, 3.8) is 0 Å². The highest BCUT2D eigenvalue weighted by molar-refractivity contribution is 5.28. The highest BCUT2D eigenvalue weighted by Crippen LogP contribution is 2.24. The van der Waals surface area contributed by atoms with E-state index in [2.05, 4.69) is 68.4 Å². The molecule has 0 heteroatoms. The maximum absolute atomic E-state index is 2.34. The van der Waals surface area contributed by atoms with Crippen LogP contribution < -0.4 is 0 Å². The number of hydrogen-bond acceptors (Lipinski definition) is 0. The third kappa shape index (κ3) is 3.46. The second kappa shape index (κ2) is 6.39. The van der Waals surface area contributed by atoms with Crippen LogP contribution in [-0.2, 0) is 6.42 Å². The molecule has 1 atom stereocenters. The van der Waals surface area contributed by atoms with Crippen molar-refractivity contribution >= 4 is 0 Å². The molecule has 2 aromatic carbocycles. The first kappa shape index (κ1) is 12.9. The molecule has 0 N–H and O–H groups in total. The first-order valence-corrected chi connectivity index (χ1v) is 6.87. The molecule has 0 fully saturated rings. The molecule has 0 amide bonds. The minimum absolute atomic E-state index is 0.662. The van der Waals surface area contributed by atoms with Crippen LogP contribution in [0, 0.1) is 6.92 Å². The Bertz CT molecular complexity index is 470. The smallest absolute Gasteiger partial charge is 0.0188 e. The zero-order valence-electron chi connectivity index (χ0n) is 11.4. The lowest BCUT2D eigenvalue weighted by Crippen LogP contribution is -1.97. The summed E-state index contributed by atoms with van der Waals surface area (Å²) < 4.78 is 0. The van der Waals surface area contributed by atoms with Crippen LogP contribution in [0.1, 0.15) is 42.4 Å². The molecule has 2 rings (SSSR count). The van der Waals surface area contributed by atoms with Crippen LogP contribution in [0.25, 0.3) is 0 Å². The van der Waals surface area contributed by atoms with Crippen molar-refractivity contribution in [3.8, 4) is 0 Å². The average Bonchev–Trinajstić information content (AvgIpc) is 2.40. The van der Waals surface area contributed by atoms with Gasteiger partial charge < -0.3 is 0 Å². The summed E-state index contributed by atoms with van der Waals surface area (Å²) in [7, 11) is 0. The molecule has 0 bridgehead atoms. The zero-order valence-corrected chi connectivity index (χ0v) is 11.4. The van der Waals surface area contributed by atoms with E-state index in [0.717, 1.165) is 0 Å². The Hall–Kier alpha value is -1.56. The number of hydrogen-bond donors (Lipinski definition) is 0. The van der Waals surface area contributed by atoms with E-state index in [-0.39, 0.29) is 0 Å². The van der Waals surface area contributed by atoms with Gasteiger partial charge >= 0.3 is 0 Å². The Balaban J connectivity index is 1.86. The zero-order chi connectivity index (χ0) is 12.8. The van der Waals surface area contributed by atoms with Crippen LogP contribution in [0.5, 0.6) is 0 Å². The van der Waals surface area contributed by atoms with E-state index in [1.165, 1.54) is 36.0 Å². The second-order valence-corrected chi connectivity index (χ2v) is 5.14. The van der Waals surface area contributed by atoms with Crippen LogP contribution in [-0.4, -0.2) is 0 Å². The maximum atomic E-state index is 2.34. The Morgan fingerprint density at radius 1 is 0.889 bits per heavy atom. The quantitative estimate of drug-likeness (QED) is 0.678. The van der Waals surface area contributed by atoms with E-state index in [4.69, 9.17) is 0 Å². The largest absolute Gasteiger partial charge is 0.0622 e. The molecule has 2 aromatic rings. The first-order valence-electron chi connectivity index (χ1n) is 6.87. The Kier molecular flexibility index (Phi) is 4.58. The van der Waals surface area contributed by atoms with Crippen molar-refractivity contribution in [2.24, 2.45) is 0 Å². The fraction of sp³-hybridized carbons (Fsp3) is 0.333. The summed E-state index contributed by atoms with van der Waals surface area (Å²) in [6.07, 6.45) is 3.72. The maximum Gasteiger partial charge on any atom is -0.0188 e. The van der Waals surface area contributed by atoms with Gasteiger partial charge in [-0.05, 0) is 48.8 Å². The second-order valence-electron chi connectivity index (χ2n) is 5.14. The lowest BCUT2D eigenvalue weighted by atomic mass is 9.91. The van der Waals surface area contributed by atoms with Gasteiger partial charge in [0.15, 0.2) is 0 Å². The summed E-state index contributed by atoms with van der Waals surface area (Å²) in [5.41, 5.74) is 4.38. The fourth-order valence-corrected chi connectivity index (χ4v) is 2.55. The summed E-state index contributed by atoms with van der Waals surface area (Å²) in [5.74, 6) is 0.662. The molecule has 1 unspecified atom stereocenters. The van der Waals surface area contributed by atoms with Gasteiger partial charge in [0, 0.05) is 0 Å². The van der Waals surface area contributed by atoms with Crippen LogP contribution >= 0.6 is 0 Å². The normalized spacial score (nSPS) is 12.3. The molecule has 0 heterocycles. The van der Waals surface area contributed by atoms with E-state index in [9.17, 15) is 0 Å². The van der Waals surface area contributed by atoms with Crippen molar-refractivity contribution in [2.75, 3.05) is 0 Å². The van der Waals surface area contributed by atoms with Crippen molar-refractivity contribution in [1.29, 1.82) is 0 Å². The fourth-order valence-electron chi connectivity index (χ4n) is 2.55. The first-order chi connectivity index (χ1) is 8.77. The van der Waals surface area contributed by atoms with Crippen LogP contribution in [0.3, 0.4) is 0 Å². The van der Waals surface area contributed by atoms with Crippen LogP contribution in [0.15, 0.2) is 54.6 Å². The third-order valence-corrected chi connectivity index (χ3v) is 3.66. The summed E-state index contributed by atoms with van der Waals surface area (Å²) >= 11 is 0. The minimum atomic E-state index is 0.662. The predicted molar refractivity (Wildman–Crippen MR) is 79.0 cm³/mol. The lowest BCUT2D eigenvalue weighted by Gasteiger charge is -2.14. The Morgan fingerprint density at radius 2 is 1.56 bits per heavy atom. The highest BCUT2D eigenvalue weighted by Gasteiger charge is 2.07. The van der Waals surface area contributed by atoms with E-state index in [1.807, 2.05) is 0 Å². The lowest BCUT2D eigenvalue weighted by molar-refractivity contribution is 0.631. The third-order valence-electron chi connectivity index (χ3n) is 3.66. The average molecular weight is 238 g/mol. The molecule has 0 aliphatic carbocycles. The van der Waals surface area contributed by atoms with E-state index in [0.29, 0.717) is 5.92 Å². The van der Waals surface area contributed by atoms with Gasteiger partial charge in [0.05, 0.1) is 0 Å². The molecule has 0 nitrogen and oxygen atoms in total. The van der Waals surface area contributed by atoms with Crippen LogP contribution in [0.2, 0.25) is 0 Å². The number of rotatable bonds is 5. The molecule has 0 spiro atoms. The summed E-state index contributed by atoms with van der Waals surface area (Å²) in [6.45, 7) is 4.55. The van der Waals surface area contributed by atoms with Crippen molar-refractivity contribution in [1.82, 2.24) is 0 Å². The SMILES string of the molecule is Cc1ccccc1C(C)CCCc1ccccc1. The highest BCUT2D eigenvalue weighted by atomic mass is 14.1. The standard InChI is InChI=1S/C18H22/c1-15-9-6-7-14-18(15)16(2)10-8-13-17-11-4-3-5-12-17/h3-7,9,11-12,14,16H,8,10,13H2,1-2H3. The predicted octanol–water partition coefficient (Wildman–Crippen LogP) is 5.12. The van der Waals surface area contributed by atoms with Crippen LogP contribution in [0.4, 0.5) is 0 Å². The van der Waals surface area contributed by atoms with Gasteiger partial charge in [-0.25, -0.2) is 0 Å². The summed E-state index contributed by atoms with van der Waals surface area (Å²) in [6, 6.07) is 19.5. The number of aryl methyl sites for hydroxylation is 2. The Morgan fingerprint density at radius 3 is 2.28 bits per heavy atom. The van der Waals surface area contributed by atoms with Gasteiger partial charge in [-0.1, -0.05) is 61.5 Å². The van der Waals surface area contributed by atoms with Crippen molar-refractivity contribution < 1.29 is 0 Å². The molecule has 0 aliphatic rings. The van der Waals surface area contributed by atoms with E-state index >= 15 is 0 Å². The van der Waals surface area contributed by atoms with E-state index < -0.39 is 0 Å². The van der Waals surface area contributed by atoms with Gasteiger partial charge in [0.25, 0.3) is 0 Å². The Labute approximate surface area is 111 Å². The summed E-state index contributed by atoms with van der Waals surface area (Å²) in [5, 5.41) is 0. The van der Waals surface area contributed by atoms with Gasteiger partial charge in [0.2, 0.25) is 0 Å². The van der Waals surface area contributed by atoms with Gasteiger partial charge in [-0.3, -0.25) is 0 Å². The topological polar surface area (TPSA) is 0 Å². The molecule has 18 heavy (non-hydrogen) atoms. The summed E-state index contributed by atoms with van der Waals surface area (Å²) in [4.78, 5) is 0. The molecular weight excluding hydrogens is 216 g/mol. The van der Waals surface area contributed by atoms with E-state index in [1.54, 1.807) is 0 Å². The van der Waals surface area contributed by atoms with Gasteiger partial charge in [-0.2, -0.15) is 0 Å². The molecule has 0 saturated carbocycles. The molecular formula is C18H22. The number of benzene rings is 2. The van der Waals surface area contributed by atoms with Gasteiger partial charge in [-0.15, -0.1) is 0 Å². The monoisotopic (exact) mass is 238 g/mol. The van der Waals surface area contributed by atoms with Crippen molar-refractivity contribution in [2.45, 2.75) is 39.0 Å². The van der Waals surface area contributed by atoms with Crippen molar-refractivity contribution in [3.05, 3.63) is 71.3 Å². The molecule has 0 radical (unpaired) electrons. The molecule has 0 aromatic heterocycles. The molecule has 94 valence electrons.